The molecule has 0 bridgehead atoms. The van der Waals surface area contributed by atoms with E-state index in [1.54, 1.807) is 0 Å². The first-order valence-corrected chi connectivity index (χ1v) is 9.14. The minimum absolute atomic E-state index is 0.294. The van der Waals surface area contributed by atoms with E-state index in [1.807, 2.05) is 6.07 Å². The monoisotopic (exact) mass is 313 g/mol. The average molecular weight is 313 g/mol. The van der Waals surface area contributed by atoms with Gasteiger partial charge in [-0.3, -0.25) is 4.79 Å². The maximum atomic E-state index is 12.4. The smallest absolute Gasteiger partial charge is 0.231 e. The number of carbonyl (C=O) groups excluding carboxylic acids is 1. The van der Waals surface area contributed by atoms with Crippen LogP contribution in [0.3, 0.4) is 0 Å². The lowest BCUT2D eigenvalue weighted by atomic mass is 9.95. The molecule has 0 saturated carbocycles. The van der Waals surface area contributed by atoms with Crippen LogP contribution in [0.2, 0.25) is 0 Å². The molecule has 4 nitrogen and oxygen atoms in total. The average Bonchev–Trinajstić information content (AvgIpc) is 2.92. The first-order valence-electron chi connectivity index (χ1n) is 9.14. The number of hydrogen-bond acceptors (Lipinski definition) is 3. The summed E-state index contributed by atoms with van der Waals surface area (Å²) >= 11 is 0. The van der Waals surface area contributed by atoms with Crippen molar-refractivity contribution in [1.29, 1.82) is 0 Å². The van der Waals surface area contributed by atoms with Gasteiger partial charge in [-0.05, 0) is 56.3 Å². The summed E-state index contributed by atoms with van der Waals surface area (Å²) in [5, 5.41) is 3.45. The third kappa shape index (κ3) is 3.15. The molecule has 1 N–H and O–H groups in total. The molecule has 0 aromatic heterocycles. The molecule has 0 radical (unpaired) electrons. The molecule has 4 heteroatoms. The molecule has 2 fully saturated rings. The lowest BCUT2D eigenvalue weighted by Gasteiger charge is -2.38. The van der Waals surface area contributed by atoms with Gasteiger partial charge in [-0.15, -0.1) is 0 Å². The second-order valence-electron chi connectivity index (χ2n) is 7.29. The molecule has 23 heavy (non-hydrogen) atoms. The third-order valence-corrected chi connectivity index (χ3v) is 5.76. The Bertz CT molecular complexity index is 559. The van der Waals surface area contributed by atoms with Crippen molar-refractivity contribution in [2.24, 2.45) is 5.92 Å². The zero-order valence-corrected chi connectivity index (χ0v) is 13.8. The number of benzene rings is 1. The number of hydrogen-bond donors (Lipinski definition) is 1. The molecule has 1 amide bonds. The molecule has 124 valence electrons. The highest BCUT2D eigenvalue weighted by Gasteiger charge is 2.34. The van der Waals surface area contributed by atoms with Crippen LogP contribution in [0, 0.1) is 5.92 Å². The highest BCUT2D eigenvalue weighted by Crippen LogP contribution is 2.33. The summed E-state index contributed by atoms with van der Waals surface area (Å²) in [6.45, 7) is 5.89. The van der Waals surface area contributed by atoms with Crippen molar-refractivity contribution in [2.75, 3.05) is 37.6 Å². The second kappa shape index (κ2) is 6.62. The molecule has 3 aliphatic rings. The quantitative estimate of drug-likeness (QED) is 0.927. The minimum atomic E-state index is 0.294. The van der Waals surface area contributed by atoms with Crippen LogP contribution in [0.5, 0.6) is 0 Å². The van der Waals surface area contributed by atoms with Crippen LogP contribution in [-0.2, 0) is 11.2 Å². The zero-order chi connectivity index (χ0) is 15.6. The van der Waals surface area contributed by atoms with Gasteiger partial charge in [-0.25, -0.2) is 0 Å². The molecule has 0 unspecified atom stereocenters. The summed E-state index contributed by atoms with van der Waals surface area (Å²) in [6, 6.07) is 8.70. The molecule has 2 saturated heterocycles. The number of fused-ring (bicyclic) bond motifs is 1. The van der Waals surface area contributed by atoms with Crippen molar-refractivity contribution in [3.05, 3.63) is 29.8 Å². The molecule has 0 aliphatic carbocycles. The van der Waals surface area contributed by atoms with Gasteiger partial charge >= 0.3 is 0 Å². The van der Waals surface area contributed by atoms with Gasteiger partial charge in [0, 0.05) is 31.4 Å². The van der Waals surface area contributed by atoms with E-state index in [4.69, 9.17) is 0 Å². The van der Waals surface area contributed by atoms with Crippen LogP contribution in [0.15, 0.2) is 24.3 Å². The molecular formula is C19H27N3O. The first-order chi connectivity index (χ1) is 11.3. The fourth-order valence-corrected chi connectivity index (χ4v) is 4.47. The van der Waals surface area contributed by atoms with E-state index in [9.17, 15) is 4.79 Å². The standard InChI is InChI=1S/C19H27N3O/c23-19-13-16-3-1-2-4-18(16)22(19)17-7-11-21(12-8-17)14-15-5-9-20-10-6-15/h1-4,15,17,20H,5-14H2. The normalized spacial score (nSPS) is 24.2. The van der Waals surface area contributed by atoms with Gasteiger partial charge in [0.1, 0.15) is 0 Å². The number of nitrogens with zero attached hydrogens (tertiary/aromatic N) is 2. The summed E-state index contributed by atoms with van der Waals surface area (Å²) in [5.74, 6) is 1.16. The van der Waals surface area contributed by atoms with Crippen LogP contribution < -0.4 is 10.2 Å². The van der Waals surface area contributed by atoms with E-state index < -0.39 is 0 Å². The molecule has 0 spiro atoms. The number of amides is 1. The Morgan fingerprint density at radius 3 is 2.57 bits per heavy atom. The van der Waals surface area contributed by atoms with Gasteiger partial charge in [-0.2, -0.15) is 0 Å². The second-order valence-corrected chi connectivity index (χ2v) is 7.29. The largest absolute Gasteiger partial charge is 0.317 e. The maximum Gasteiger partial charge on any atom is 0.231 e. The summed E-state index contributed by atoms with van der Waals surface area (Å²) in [5.41, 5.74) is 2.36. The molecule has 0 atom stereocenters. The SMILES string of the molecule is O=C1Cc2ccccc2N1C1CCN(CC2CCNCC2)CC1. The van der Waals surface area contributed by atoms with E-state index >= 15 is 0 Å². The fourth-order valence-electron chi connectivity index (χ4n) is 4.47. The lowest BCUT2D eigenvalue weighted by molar-refractivity contribution is -0.118. The van der Waals surface area contributed by atoms with E-state index in [-0.39, 0.29) is 0 Å². The van der Waals surface area contributed by atoms with Crippen LogP contribution >= 0.6 is 0 Å². The molecule has 1 aromatic carbocycles. The van der Waals surface area contributed by atoms with Crippen LogP contribution in [-0.4, -0.2) is 49.6 Å². The molecule has 3 aliphatic heterocycles. The predicted octanol–water partition coefficient (Wildman–Crippen LogP) is 2.04. The van der Waals surface area contributed by atoms with E-state index in [1.165, 1.54) is 38.0 Å². The summed E-state index contributed by atoms with van der Waals surface area (Å²) < 4.78 is 0. The highest BCUT2D eigenvalue weighted by atomic mass is 16.2. The van der Waals surface area contributed by atoms with Crippen molar-refractivity contribution in [2.45, 2.75) is 38.1 Å². The lowest BCUT2D eigenvalue weighted by Crippen LogP contribution is -2.47. The molecule has 1 aromatic rings. The minimum Gasteiger partial charge on any atom is -0.317 e. The van der Waals surface area contributed by atoms with E-state index in [0.29, 0.717) is 18.4 Å². The number of carbonyl (C=O) groups is 1. The summed E-state index contributed by atoms with van der Waals surface area (Å²) in [6.07, 6.45) is 5.46. The number of nitrogens with one attached hydrogen (secondary N) is 1. The number of piperidine rings is 2. The van der Waals surface area contributed by atoms with Crippen molar-refractivity contribution in [3.63, 3.8) is 0 Å². The fraction of sp³-hybridized carbons (Fsp3) is 0.632. The number of anilines is 1. The number of para-hydroxylation sites is 1. The van der Waals surface area contributed by atoms with Crippen molar-refractivity contribution in [3.8, 4) is 0 Å². The Balaban J connectivity index is 1.35. The Kier molecular flexibility index (Phi) is 4.36. The van der Waals surface area contributed by atoms with Gasteiger partial charge in [0.2, 0.25) is 5.91 Å². The van der Waals surface area contributed by atoms with Gasteiger partial charge in [0.15, 0.2) is 0 Å². The van der Waals surface area contributed by atoms with Crippen molar-refractivity contribution < 1.29 is 4.79 Å². The zero-order valence-electron chi connectivity index (χ0n) is 13.8. The Morgan fingerprint density at radius 2 is 1.78 bits per heavy atom. The van der Waals surface area contributed by atoms with E-state index in [0.717, 1.165) is 37.5 Å². The predicted molar refractivity (Wildman–Crippen MR) is 92.7 cm³/mol. The topological polar surface area (TPSA) is 35.6 Å². The highest BCUT2D eigenvalue weighted by molar-refractivity contribution is 6.01. The van der Waals surface area contributed by atoms with Gasteiger partial charge in [0.25, 0.3) is 0 Å². The summed E-state index contributed by atoms with van der Waals surface area (Å²) in [7, 11) is 0. The van der Waals surface area contributed by atoms with Crippen molar-refractivity contribution in [1.82, 2.24) is 10.2 Å². The Hall–Kier alpha value is -1.39. The van der Waals surface area contributed by atoms with E-state index in [2.05, 4.69) is 33.3 Å². The molecular weight excluding hydrogens is 286 g/mol. The Morgan fingerprint density at radius 1 is 1.04 bits per heavy atom. The molecule has 3 heterocycles. The maximum absolute atomic E-state index is 12.4. The number of rotatable bonds is 3. The van der Waals surface area contributed by atoms with Gasteiger partial charge in [-0.1, -0.05) is 18.2 Å². The van der Waals surface area contributed by atoms with Crippen LogP contribution in [0.25, 0.3) is 0 Å². The number of likely N-dealkylation sites (tertiary alicyclic amines) is 1. The van der Waals surface area contributed by atoms with Gasteiger partial charge in [0.05, 0.1) is 6.42 Å². The first kappa shape index (κ1) is 15.2. The Labute approximate surface area is 138 Å². The third-order valence-electron chi connectivity index (χ3n) is 5.76. The van der Waals surface area contributed by atoms with Crippen molar-refractivity contribution >= 4 is 11.6 Å². The van der Waals surface area contributed by atoms with Crippen LogP contribution in [0.1, 0.15) is 31.2 Å². The molecule has 4 rings (SSSR count). The van der Waals surface area contributed by atoms with Gasteiger partial charge < -0.3 is 15.1 Å². The van der Waals surface area contributed by atoms with Crippen LogP contribution in [0.4, 0.5) is 5.69 Å². The summed E-state index contributed by atoms with van der Waals surface area (Å²) in [4.78, 5) is 17.2.